The molecule has 0 heterocycles. The molecular weight excluding hydrogens is 228 g/mol. The number of hydrogen-bond acceptors (Lipinski definition) is 4. The van der Waals surface area contributed by atoms with Gasteiger partial charge in [0.05, 0.1) is 10.5 Å². The van der Waals surface area contributed by atoms with E-state index in [1.54, 1.807) is 0 Å². The number of amides is 1. The Morgan fingerprint density at radius 1 is 1.41 bits per heavy atom. The molecule has 3 N–H and O–H groups in total. The molecule has 0 saturated heterocycles. The number of nitro benzene ring substituents is 1. The topological polar surface area (TPSA) is 124 Å². The summed E-state index contributed by atoms with van der Waals surface area (Å²) in [6.07, 6.45) is 2.17. The largest absolute Gasteiger partial charge is 0.478 e. The molecule has 7 nitrogen and oxygen atoms in total. The Kier molecular flexibility index (Phi) is 3.55. The van der Waals surface area contributed by atoms with Crippen molar-refractivity contribution in [2.24, 2.45) is 5.73 Å². The summed E-state index contributed by atoms with van der Waals surface area (Å²) in [7, 11) is 0. The Morgan fingerprint density at radius 3 is 2.53 bits per heavy atom. The summed E-state index contributed by atoms with van der Waals surface area (Å²) < 4.78 is 0. The van der Waals surface area contributed by atoms with Crippen molar-refractivity contribution in [1.29, 1.82) is 0 Å². The minimum Gasteiger partial charge on any atom is -0.478 e. The minimum absolute atomic E-state index is 0.168. The number of non-ortho nitro benzene ring substituents is 1. The Labute approximate surface area is 95.3 Å². The van der Waals surface area contributed by atoms with Gasteiger partial charge in [-0.3, -0.25) is 14.9 Å². The van der Waals surface area contributed by atoms with Gasteiger partial charge in [-0.05, 0) is 17.7 Å². The van der Waals surface area contributed by atoms with Crippen LogP contribution >= 0.6 is 0 Å². The van der Waals surface area contributed by atoms with Gasteiger partial charge in [-0.15, -0.1) is 0 Å². The highest BCUT2D eigenvalue weighted by atomic mass is 16.6. The van der Waals surface area contributed by atoms with Crippen LogP contribution in [-0.2, 0) is 4.79 Å². The van der Waals surface area contributed by atoms with Crippen molar-refractivity contribution in [3.63, 3.8) is 0 Å². The summed E-state index contributed by atoms with van der Waals surface area (Å²) in [6, 6.07) is 3.30. The zero-order chi connectivity index (χ0) is 13.0. The number of carboxylic acids is 1. The van der Waals surface area contributed by atoms with Crippen LogP contribution in [-0.4, -0.2) is 21.9 Å². The second kappa shape index (κ2) is 4.88. The van der Waals surface area contributed by atoms with E-state index >= 15 is 0 Å². The number of nitro groups is 1. The van der Waals surface area contributed by atoms with Crippen molar-refractivity contribution in [2.45, 2.75) is 0 Å². The molecule has 88 valence electrons. The maximum Gasteiger partial charge on any atom is 0.336 e. The smallest absolute Gasteiger partial charge is 0.336 e. The molecule has 1 rings (SSSR count). The lowest BCUT2D eigenvalue weighted by Crippen LogP contribution is -2.06. The number of carbonyl (C=O) groups is 2. The Bertz CT molecular complexity index is 521. The van der Waals surface area contributed by atoms with Gasteiger partial charge < -0.3 is 10.8 Å². The van der Waals surface area contributed by atoms with Crippen molar-refractivity contribution < 1.29 is 19.6 Å². The summed E-state index contributed by atoms with van der Waals surface area (Å²) in [5.74, 6) is -2.06. The van der Waals surface area contributed by atoms with E-state index < -0.39 is 16.8 Å². The van der Waals surface area contributed by atoms with Gasteiger partial charge in [-0.1, -0.05) is 0 Å². The molecule has 0 bridgehead atoms. The fourth-order valence-electron chi connectivity index (χ4n) is 1.16. The first-order chi connectivity index (χ1) is 7.91. The lowest BCUT2D eigenvalue weighted by Gasteiger charge is -2.00. The number of aromatic carboxylic acids is 1. The minimum atomic E-state index is -1.32. The normalized spacial score (nSPS) is 10.4. The fourth-order valence-corrected chi connectivity index (χ4v) is 1.16. The van der Waals surface area contributed by atoms with E-state index in [2.05, 4.69) is 0 Å². The summed E-state index contributed by atoms with van der Waals surface area (Å²) in [5, 5.41) is 19.3. The van der Waals surface area contributed by atoms with Gasteiger partial charge in [-0.25, -0.2) is 4.79 Å². The first-order valence-corrected chi connectivity index (χ1v) is 4.41. The van der Waals surface area contributed by atoms with Crippen LogP contribution in [0.5, 0.6) is 0 Å². The van der Waals surface area contributed by atoms with Crippen molar-refractivity contribution in [3.05, 3.63) is 45.5 Å². The molecule has 0 aliphatic carbocycles. The van der Waals surface area contributed by atoms with Gasteiger partial charge in [0.25, 0.3) is 5.69 Å². The molecule has 7 heteroatoms. The highest BCUT2D eigenvalue weighted by Gasteiger charge is 2.14. The van der Waals surface area contributed by atoms with Crippen molar-refractivity contribution in [1.82, 2.24) is 0 Å². The molecule has 0 saturated carbocycles. The quantitative estimate of drug-likeness (QED) is 0.454. The van der Waals surface area contributed by atoms with Crippen molar-refractivity contribution in [2.75, 3.05) is 0 Å². The number of rotatable bonds is 4. The van der Waals surface area contributed by atoms with Crippen LogP contribution in [0.2, 0.25) is 0 Å². The molecule has 0 unspecified atom stereocenters. The SMILES string of the molecule is NC(=O)C=Cc1ccc([N+](=O)[O-])cc1C(=O)O. The Hall–Kier alpha value is -2.70. The number of primary amides is 1. The van der Waals surface area contributed by atoms with Gasteiger partial charge in [0, 0.05) is 18.2 Å². The van der Waals surface area contributed by atoms with E-state index in [4.69, 9.17) is 10.8 Å². The second-order valence-corrected chi connectivity index (χ2v) is 3.07. The lowest BCUT2D eigenvalue weighted by atomic mass is 10.1. The first kappa shape index (κ1) is 12.4. The van der Waals surface area contributed by atoms with E-state index in [9.17, 15) is 19.7 Å². The average molecular weight is 236 g/mol. The summed E-state index contributed by atoms with van der Waals surface area (Å²) in [4.78, 5) is 31.2. The van der Waals surface area contributed by atoms with E-state index in [1.165, 1.54) is 12.1 Å². The molecule has 0 atom stereocenters. The third-order valence-electron chi connectivity index (χ3n) is 1.91. The monoisotopic (exact) mass is 236 g/mol. The summed E-state index contributed by atoms with van der Waals surface area (Å²) >= 11 is 0. The van der Waals surface area contributed by atoms with Gasteiger partial charge in [0.2, 0.25) is 5.91 Å². The van der Waals surface area contributed by atoms with Crippen molar-refractivity contribution >= 4 is 23.6 Å². The van der Waals surface area contributed by atoms with Crippen LogP contribution in [0, 0.1) is 10.1 Å². The average Bonchev–Trinajstić information content (AvgIpc) is 2.25. The highest BCUT2D eigenvalue weighted by Crippen LogP contribution is 2.19. The third-order valence-corrected chi connectivity index (χ3v) is 1.91. The molecular formula is C10H8N2O5. The van der Waals surface area contributed by atoms with Gasteiger partial charge in [0.1, 0.15) is 0 Å². The van der Waals surface area contributed by atoms with Gasteiger partial charge in [-0.2, -0.15) is 0 Å². The van der Waals surface area contributed by atoms with E-state index in [-0.39, 0.29) is 16.8 Å². The molecule has 0 fully saturated rings. The molecule has 0 aliphatic heterocycles. The second-order valence-electron chi connectivity index (χ2n) is 3.07. The number of carboxylic acid groups (broad SMARTS) is 1. The number of hydrogen-bond donors (Lipinski definition) is 2. The zero-order valence-corrected chi connectivity index (χ0v) is 8.49. The van der Waals surface area contributed by atoms with Crippen LogP contribution < -0.4 is 5.73 Å². The molecule has 1 aromatic rings. The van der Waals surface area contributed by atoms with Crippen LogP contribution in [0.3, 0.4) is 0 Å². The fraction of sp³-hybridized carbons (Fsp3) is 0. The molecule has 1 amide bonds. The number of carbonyl (C=O) groups excluding carboxylic acids is 1. The van der Waals surface area contributed by atoms with Crippen LogP contribution in [0.1, 0.15) is 15.9 Å². The van der Waals surface area contributed by atoms with E-state index in [0.29, 0.717) is 0 Å². The zero-order valence-electron chi connectivity index (χ0n) is 8.49. The predicted molar refractivity (Wildman–Crippen MR) is 58.3 cm³/mol. The highest BCUT2D eigenvalue weighted by molar-refractivity contribution is 5.96. The van der Waals surface area contributed by atoms with Crippen LogP contribution in [0.4, 0.5) is 5.69 Å². The standard InChI is InChI=1S/C10H8N2O5/c11-9(13)4-2-6-1-3-7(12(16)17)5-8(6)10(14)15/h1-5H,(H2,11,13)(H,14,15). The third kappa shape index (κ3) is 3.13. The Morgan fingerprint density at radius 2 is 2.06 bits per heavy atom. The molecule has 0 spiro atoms. The Balaban J connectivity index is 3.27. The first-order valence-electron chi connectivity index (χ1n) is 4.41. The number of nitrogens with zero attached hydrogens (tertiary/aromatic N) is 1. The summed E-state index contributed by atoms with van der Waals surface area (Å²) in [6.45, 7) is 0. The van der Waals surface area contributed by atoms with Crippen LogP contribution in [0.15, 0.2) is 24.3 Å². The van der Waals surface area contributed by atoms with Crippen molar-refractivity contribution in [3.8, 4) is 0 Å². The number of benzene rings is 1. The molecule has 0 aliphatic rings. The number of nitrogens with two attached hydrogens (primary N) is 1. The lowest BCUT2D eigenvalue weighted by molar-refractivity contribution is -0.384. The van der Waals surface area contributed by atoms with E-state index in [0.717, 1.165) is 18.2 Å². The van der Waals surface area contributed by atoms with Gasteiger partial charge >= 0.3 is 5.97 Å². The van der Waals surface area contributed by atoms with Crippen LogP contribution in [0.25, 0.3) is 6.08 Å². The molecule has 0 aromatic heterocycles. The molecule has 17 heavy (non-hydrogen) atoms. The maximum atomic E-state index is 10.9. The maximum absolute atomic E-state index is 10.9. The molecule has 1 aromatic carbocycles. The van der Waals surface area contributed by atoms with E-state index in [1.807, 2.05) is 0 Å². The van der Waals surface area contributed by atoms with Gasteiger partial charge in [0.15, 0.2) is 0 Å². The predicted octanol–water partition coefficient (Wildman–Crippen LogP) is 0.792. The molecule has 0 radical (unpaired) electrons. The summed E-state index contributed by atoms with van der Waals surface area (Å²) in [5.41, 5.74) is 4.43.